The quantitative estimate of drug-likeness (QED) is 0.537. The molecule has 0 aliphatic carbocycles. The Bertz CT molecular complexity index is 148. The molecule has 0 radical (unpaired) electrons. The third-order valence-corrected chi connectivity index (χ3v) is 2.70. The lowest BCUT2D eigenvalue weighted by Gasteiger charge is -2.13. The van der Waals surface area contributed by atoms with Crippen LogP contribution >= 0.6 is 0 Å². The van der Waals surface area contributed by atoms with Crippen molar-refractivity contribution in [2.75, 3.05) is 33.5 Å². The summed E-state index contributed by atoms with van der Waals surface area (Å²) in [7, 11) is 1.71. The lowest BCUT2D eigenvalue weighted by atomic mass is 10.3. The minimum atomic E-state index is -0.321. The zero-order chi connectivity index (χ0) is 12.9. The van der Waals surface area contributed by atoms with Crippen LogP contribution in [0.25, 0.3) is 0 Å². The number of unbranched alkanes of at least 4 members (excludes halogenated alkanes) is 1. The van der Waals surface area contributed by atoms with Gasteiger partial charge in [0.15, 0.2) is 0 Å². The average molecular weight is 248 g/mol. The number of aliphatic hydroxyl groups excluding tert-OH is 1. The van der Waals surface area contributed by atoms with Crippen molar-refractivity contribution in [3.63, 3.8) is 0 Å². The van der Waals surface area contributed by atoms with Gasteiger partial charge in [-0.15, -0.1) is 0 Å². The number of methoxy groups -OCH3 is 1. The average Bonchev–Trinajstić information content (AvgIpc) is 2.36. The maximum absolute atomic E-state index is 9.25. The molecule has 2 unspecified atom stereocenters. The van der Waals surface area contributed by atoms with Crippen LogP contribution in [-0.2, 0) is 14.2 Å². The molecule has 0 rings (SSSR count). The van der Waals surface area contributed by atoms with E-state index in [-0.39, 0.29) is 12.2 Å². The Morgan fingerprint density at radius 1 is 0.941 bits per heavy atom. The van der Waals surface area contributed by atoms with Gasteiger partial charge in [-0.3, -0.25) is 0 Å². The first-order valence-electron chi connectivity index (χ1n) is 6.60. The molecule has 0 aromatic rings. The maximum atomic E-state index is 9.25. The Labute approximate surface area is 105 Å². The summed E-state index contributed by atoms with van der Waals surface area (Å²) in [5, 5.41) is 9.25. The van der Waals surface area contributed by atoms with E-state index >= 15 is 0 Å². The maximum Gasteiger partial charge on any atom is 0.0802 e. The second-order valence-electron chi connectivity index (χ2n) is 4.18. The van der Waals surface area contributed by atoms with Gasteiger partial charge >= 0.3 is 0 Å². The second-order valence-corrected chi connectivity index (χ2v) is 4.18. The number of aliphatic hydroxyl groups is 1. The van der Waals surface area contributed by atoms with Crippen molar-refractivity contribution in [1.82, 2.24) is 0 Å². The standard InChI is InChI=1S/C13H28O4/c1-4-12(14)10-16-8-6-7-9-17-11-13(5-2)15-3/h12-14H,4-11H2,1-3H3. The summed E-state index contributed by atoms with van der Waals surface area (Å²) in [5.41, 5.74) is 0. The van der Waals surface area contributed by atoms with Gasteiger partial charge in [0.2, 0.25) is 0 Å². The monoisotopic (exact) mass is 248 g/mol. The van der Waals surface area contributed by atoms with Crippen molar-refractivity contribution < 1.29 is 19.3 Å². The fourth-order valence-electron chi connectivity index (χ4n) is 1.31. The SMILES string of the molecule is CCC(O)COCCCCOCC(CC)OC. The van der Waals surface area contributed by atoms with Gasteiger partial charge in [-0.1, -0.05) is 13.8 Å². The van der Waals surface area contributed by atoms with E-state index in [4.69, 9.17) is 14.2 Å². The molecular weight excluding hydrogens is 220 g/mol. The highest BCUT2D eigenvalue weighted by atomic mass is 16.5. The van der Waals surface area contributed by atoms with Crippen molar-refractivity contribution in [2.24, 2.45) is 0 Å². The van der Waals surface area contributed by atoms with Crippen LogP contribution in [0, 0.1) is 0 Å². The van der Waals surface area contributed by atoms with Crippen molar-refractivity contribution in [1.29, 1.82) is 0 Å². The molecule has 4 heteroatoms. The lowest BCUT2D eigenvalue weighted by Crippen LogP contribution is -2.17. The van der Waals surface area contributed by atoms with E-state index in [0.717, 1.165) is 32.3 Å². The summed E-state index contributed by atoms with van der Waals surface area (Å²) in [6.07, 6.45) is 3.58. The molecular formula is C13H28O4. The third-order valence-electron chi connectivity index (χ3n) is 2.70. The smallest absolute Gasteiger partial charge is 0.0802 e. The first-order chi connectivity index (χ1) is 8.24. The highest BCUT2D eigenvalue weighted by molar-refractivity contribution is 4.52. The van der Waals surface area contributed by atoms with E-state index in [0.29, 0.717) is 19.8 Å². The molecule has 0 bridgehead atoms. The lowest BCUT2D eigenvalue weighted by molar-refractivity contribution is 0.00162. The van der Waals surface area contributed by atoms with Gasteiger partial charge in [0.25, 0.3) is 0 Å². The Hall–Kier alpha value is -0.160. The highest BCUT2D eigenvalue weighted by Crippen LogP contribution is 1.99. The molecule has 0 aliphatic rings. The molecule has 17 heavy (non-hydrogen) atoms. The first-order valence-corrected chi connectivity index (χ1v) is 6.60. The number of hydrogen-bond donors (Lipinski definition) is 1. The molecule has 104 valence electrons. The summed E-state index contributed by atoms with van der Waals surface area (Å²) >= 11 is 0. The Morgan fingerprint density at radius 2 is 1.53 bits per heavy atom. The normalized spacial score (nSPS) is 14.8. The van der Waals surface area contributed by atoms with Crippen molar-refractivity contribution in [3.05, 3.63) is 0 Å². The highest BCUT2D eigenvalue weighted by Gasteiger charge is 2.03. The van der Waals surface area contributed by atoms with Gasteiger partial charge < -0.3 is 19.3 Å². The summed E-state index contributed by atoms with van der Waals surface area (Å²) in [5.74, 6) is 0. The Balaban J connectivity index is 3.13. The zero-order valence-corrected chi connectivity index (χ0v) is 11.5. The van der Waals surface area contributed by atoms with Crippen molar-refractivity contribution in [3.8, 4) is 0 Å². The van der Waals surface area contributed by atoms with E-state index in [1.54, 1.807) is 7.11 Å². The minimum Gasteiger partial charge on any atom is -0.391 e. The van der Waals surface area contributed by atoms with Gasteiger partial charge in [0.1, 0.15) is 0 Å². The van der Waals surface area contributed by atoms with E-state index in [1.165, 1.54) is 0 Å². The molecule has 0 fully saturated rings. The number of rotatable bonds is 12. The molecule has 4 nitrogen and oxygen atoms in total. The molecule has 0 spiro atoms. The van der Waals surface area contributed by atoms with Gasteiger partial charge in [0.05, 0.1) is 25.4 Å². The van der Waals surface area contributed by atoms with Crippen LogP contribution in [-0.4, -0.2) is 50.9 Å². The number of hydrogen-bond acceptors (Lipinski definition) is 4. The molecule has 0 amide bonds. The zero-order valence-electron chi connectivity index (χ0n) is 11.5. The third kappa shape index (κ3) is 10.7. The van der Waals surface area contributed by atoms with Crippen molar-refractivity contribution in [2.45, 2.75) is 51.7 Å². The van der Waals surface area contributed by atoms with Crippen LogP contribution in [0.1, 0.15) is 39.5 Å². The molecule has 0 aromatic carbocycles. The van der Waals surface area contributed by atoms with E-state index < -0.39 is 0 Å². The summed E-state index contributed by atoms with van der Waals surface area (Å²) < 4.78 is 16.0. The van der Waals surface area contributed by atoms with Crippen LogP contribution in [0.4, 0.5) is 0 Å². The number of ether oxygens (including phenoxy) is 3. The molecule has 1 N–H and O–H groups in total. The van der Waals surface area contributed by atoms with Gasteiger partial charge in [-0.2, -0.15) is 0 Å². The van der Waals surface area contributed by atoms with Crippen LogP contribution in [0.15, 0.2) is 0 Å². The molecule has 0 aliphatic heterocycles. The predicted molar refractivity (Wildman–Crippen MR) is 68.3 cm³/mol. The molecule has 0 saturated carbocycles. The fourth-order valence-corrected chi connectivity index (χ4v) is 1.31. The molecule has 0 saturated heterocycles. The summed E-state index contributed by atoms with van der Waals surface area (Å²) in [6.45, 7) is 6.59. The van der Waals surface area contributed by atoms with E-state index in [9.17, 15) is 5.11 Å². The second kappa shape index (κ2) is 12.3. The van der Waals surface area contributed by atoms with E-state index in [2.05, 4.69) is 6.92 Å². The minimum absolute atomic E-state index is 0.214. The Morgan fingerprint density at radius 3 is 2.00 bits per heavy atom. The Kier molecular flexibility index (Phi) is 12.2. The van der Waals surface area contributed by atoms with Crippen molar-refractivity contribution >= 4 is 0 Å². The first kappa shape index (κ1) is 16.8. The molecule has 0 heterocycles. The van der Waals surface area contributed by atoms with Gasteiger partial charge in [-0.05, 0) is 25.7 Å². The van der Waals surface area contributed by atoms with Crippen LogP contribution < -0.4 is 0 Å². The van der Waals surface area contributed by atoms with Crippen LogP contribution in [0.3, 0.4) is 0 Å². The largest absolute Gasteiger partial charge is 0.391 e. The van der Waals surface area contributed by atoms with Crippen LogP contribution in [0.2, 0.25) is 0 Å². The molecule has 2 atom stereocenters. The van der Waals surface area contributed by atoms with Gasteiger partial charge in [-0.25, -0.2) is 0 Å². The van der Waals surface area contributed by atoms with Gasteiger partial charge in [0, 0.05) is 20.3 Å². The fraction of sp³-hybridized carbons (Fsp3) is 1.00. The topological polar surface area (TPSA) is 47.9 Å². The van der Waals surface area contributed by atoms with E-state index in [1.807, 2.05) is 6.92 Å². The summed E-state index contributed by atoms with van der Waals surface area (Å²) in [4.78, 5) is 0. The predicted octanol–water partition coefficient (Wildman–Crippen LogP) is 2.00. The molecule has 0 aromatic heterocycles. The summed E-state index contributed by atoms with van der Waals surface area (Å²) in [6, 6.07) is 0. The van der Waals surface area contributed by atoms with Crippen LogP contribution in [0.5, 0.6) is 0 Å².